The van der Waals surface area contributed by atoms with E-state index in [1.54, 1.807) is 20.8 Å². The number of quaternary nitrogens is 1. The molecular formula is C31H58NO6+. The molecule has 0 heterocycles. The van der Waals surface area contributed by atoms with E-state index in [2.05, 4.69) is 19.1 Å². The van der Waals surface area contributed by atoms with Crippen LogP contribution in [0.15, 0.2) is 12.2 Å². The smallest absolute Gasteiger partial charge is 0.306 e. The van der Waals surface area contributed by atoms with Crippen LogP contribution in [0.1, 0.15) is 124 Å². The van der Waals surface area contributed by atoms with Crippen molar-refractivity contribution in [3.05, 3.63) is 12.2 Å². The van der Waals surface area contributed by atoms with E-state index in [1.165, 1.54) is 44.9 Å². The molecule has 0 radical (unpaired) electrons. The molecule has 3 unspecified atom stereocenters. The summed E-state index contributed by atoms with van der Waals surface area (Å²) in [7, 11) is 0. The molecule has 0 amide bonds. The van der Waals surface area contributed by atoms with E-state index in [-0.39, 0.29) is 0 Å². The molecule has 38 heavy (non-hydrogen) atoms. The largest absolute Gasteiger partial charge is 0.481 e. The van der Waals surface area contributed by atoms with E-state index < -0.39 is 35.7 Å². The number of carboxylic acids is 3. The minimum absolute atomic E-state index is 0.482. The highest BCUT2D eigenvalue weighted by Crippen LogP contribution is 2.22. The zero-order valence-corrected chi connectivity index (χ0v) is 24.8. The predicted octanol–water partition coefficient (Wildman–Crippen LogP) is 7.39. The number of unbranched alkanes of at least 4 members (excludes halogenated alkanes) is 10. The molecule has 0 saturated heterocycles. The van der Waals surface area contributed by atoms with Crippen molar-refractivity contribution in [1.29, 1.82) is 0 Å². The number of allylic oxidation sites excluding steroid dienone is 2. The van der Waals surface area contributed by atoms with Gasteiger partial charge in [-0.1, -0.05) is 78.4 Å². The quantitative estimate of drug-likeness (QED) is 0.0599. The van der Waals surface area contributed by atoms with Crippen molar-refractivity contribution in [1.82, 2.24) is 0 Å². The second kappa shape index (κ2) is 22.0. The fraction of sp³-hybridized carbons (Fsp3) is 0.839. The van der Waals surface area contributed by atoms with Crippen LogP contribution in [0.4, 0.5) is 0 Å². The van der Waals surface area contributed by atoms with Crippen molar-refractivity contribution in [2.45, 2.75) is 124 Å². The van der Waals surface area contributed by atoms with Gasteiger partial charge in [0.1, 0.15) is 0 Å². The summed E-state index contributed by atoms with van der Waals surface area (Å²) in [6.07, 6.45) is 20.7. The van der Waals surface area contributed by atoms with Crippen molar-refractivity contribution in [3.8, 4) is 0 Å². The summed E-state index contributed by atoms with van der Waals surface area (Å²) in [6.45, 7) is 10.1. The summed E-state index contributed by atoms with van der Waals surface area (Å²) in [5.41, 5.74) is 0. The van der Waals surface area contributed by atoms with Gasteiger partial charge in [0.15, 0.2) is 0 Å². The lowest BCUT2D eigenvalue weighted by atomic mass is 10.0. The maximum atomic E-state index is 11.5. The van der Waals surface area contributed by atoms with Gasteiger partial charge in [0.2, 0.25) is 0 Å². The molecule has 0 spiro atoms. The van der Waals surface area contributed by atoms with Crippen LogP contribution in [-0.2, 0) is 14.4 Å². The van der Waals surface area contributed by atoms with Gasteiger partial charge in [-0.05, 0) is 38.5 Å². The SMILES string of the molecule is CCCCCCCC/C=C/CCCCCC[N+](CCC(C)C(=O)O)(CCC(C)C(=O)O)CCC(C)C(=O)O. The minimum atomic E-state index is -0.828. The molecule has 222 valence electrons. The Hall–Kier alpha value is -1.89. The Kier molecular flexibility index (Phi) is 20.9. The summed E-state index contributed by atoms with van der Waals surface area (Å²) in [4.78, 5) is 34.4. The minimum Gasteiger partial charge on any atom is -0.481 e. The maximum Gasteiger partial charge on any atom is 0.306 e. The van der Waals surface area contributed by atoms with Gasteiger partial charge < -0.3 is 19.8 Å². The molecule has 7 heteroatoms. The highest BCUT2D eigenvalue weighted by atomic mass is 16.4. The fourth-order valence-electron chi connectivity index (χ4n) is 4.78. The first-order chi connectivity index (χ1) is 18.0. The van der Waals surface area contributed by atoms with Gasteiger partial charge in [-0.2, -0.15) is 0 Å². The lowest BCUT2D eigenvalue weighted by Crippen LogP contribution is -2.52. The van der Waals surface area contributed by atoms with E-state index in [4.69, 9.17) is 0 Å². The molecule has 7 nitrogen and oxygen atoms in total. The van der Waals surface area contributed by atoms with Gasteiger partial charge in [-0.15, -0.1) is 0 Å². The Balaban J connectivity index is 4.83. The van der Waals surface area contributed by atoms with Crippen molar-refractivity contribution in [2.75, 3.05) is 26.2 Å². The van der Waals surface area contributed by atoms with Gasteiger partial charge >= 0.3 is 17.9 Å². The number of nitrogens with zero attached hydrogens (tertiary/aromatic N) is 1. The van der Waals surface area contributed by atoms with Crippen LogP contribution in [0.25, 0.3) is 0 Å². The monoisotopic (exact) mass is 540 g/mol. The highest BCUT2D eigenvalue weighted by molar-refractivity contribution is 5.70. The second-order valence-electron chi connectivity index (χ2n) is 11.6. The van der Waals surface area contributed by atoms with Crippen molar-refractivity contribution in [2.24, 2.45) is 17.8 Å². The van der Waals surface area contributed by atoms with Crippen LogP contribution in [0.3, 0.4) is 0 Å². The molecule has 0 bridgehead atoms. The van der Waals surface area contributed by atoms with Gasteiger partial charge in [0, 0.05) is 19.3 Å². The zero-order chi connectivity index (χ0) is 28.8. The molecule has 3 N–H and O–H groups in total. The third-order valence-corrected chi connectivity index (χ3v) is 8.02. The first-order valence-corrected chi connectivity index (χ1v) is 15.2. The van der Waals surface area contributed by atoms with Gasteiger partial charge in [0.05, 0.1) is 43.9 Å². The summed E-state index contributed by atoms with van der Waals surface area (Å²) >= 11 is 0. The third kappa shape index (κ3) is 18.4. The molecule has 3 atom stereocenters. The molecule has 0 aliphatic heterocycles. The van der Waals surface area contributed by atoms with Crippen LogP contribution in [0, 0.1) is 17.8 Å². The lowest BCUT2D eigenvalue weighted by Gasteiger charge is -2.40. The van der Waals surface area contributed by atoms with E-state index in [1.807, 2.05) is 0 Å². The number of rotatable bonds is 26. The van der Waals surface area contributed by atoms with Gasteiger partial charge in [-0.3, -0.25) is 14.4 Å². The van der Waals surface area contributed by atoms with E-state index in [9.17, 15) is 29.7 Å². The Bertz CT molecular complexity index is 617. The van der Waals surface area contributed by atoms with Crippen LogP contribution in [0.2, 0.25) is 0 Å². The first kappa shape index (κ1) is 36.1. The average Bonchev–Trinajstić information content (AvgIpc) is 2.88. The number of carbonyl (C=O) groups is 3. The number of aliphatic carboxylic acids is 3. The van der Waals surface area contributed by atoms with E-state index in [0.717, 1.165) is 38.6 Å². The standard InChI is InChI=1S/C31H57NO6/c1-5-6-7-8-9-10-11-12-13-14-15-16-17-18-22-32(23-19-26(2)29(33)34,24-20-27(3)30(35)36)25-21-28(4)31(37)38/h12-13,26-28H,5-11,14-25H2,1-4H3,(H2-,33,34,35,36,37,38)/p+1/b13-12+. The maximum absolute atomic E-state index is 11.5. The fourth-order valence-corrected chi connectivity index (χ4v) is 4.78. The molecule has 0 aromatic rings. The molecular weight excluding hydrogens is 482 g/mol. The molecule has 0 aliphatic rings. The zero-order valence-electron chi connectivity index (χ0n) is 24.8. The Morgan fingerprint density at radius 1 is 0.553 bits per heavy atom. The molecule has 0 saturated carbocycles. The molecule has 0 aliphatic carbocycles. The van der Waals surface area contributed by atoms with Crippen molar-refractivity contribution in [3.63, 3.8) is 0 Å². The number of hydrogen-bond acceptors (Lipinski definition) is 3. The highest BCUT2D eigenvalue weighted by Gasteiger charge is 2.31. The normalized spacial score (nSPS) is 15.7. The third-order valence-electron chi connectivity index (χ3n) is 8.02. The van der Waals surface area contributed by atoms with Gasteiger partial charge in [0.25, 0.3) is 0 Å². The Morgan fingerprint density at radius 2 is 0.895 bits per heavy atom. The molecule has 0 aromatic carbocycles. The van der Waals surface area contributed by atoms with Gasteiger partial charge in [-0.25, -0.2) is 0 Å². The first-order valence-electron chi connectivity index (χ1n) is 15.2. The van der Waals surface area contributed by atoms with Crippen LogP contribution in [-0.4, -0.2) is 63.9 Å². The summed E-state index contributed by atoms with van der Waals surface area (Å²) in [5, 5.41) is 28.2. The summed E-state index contributed by atoms with van der Waals surface area (Å²) < 4.78 is 0.602. The second-order valence-corrected chi connectivity index (χ2v) is 11.6. The lowest BCUT2D eigenvalue weighted by molar-refractivity contribution is -0.929. The average molecular weight is 541 g/mol. The molecule has 0 rings (SSSR count). The van der Waals surface area contributed by atoms with Crippen LogP contribution in [0.5, 0.6) is 0 Å². The van der Waals surface area contributed by atoms with E-state index >= 15 is 0 Å². The Labute approximate surface area is 232 Å². The van der Waals surface area contributed by atoms with E-state index in [0.29, 0.717) is 43.4 Å². The summed E-state index contributed by atoms with van der Waals surface area (Å²) in [6, 6.07) is 0. The van der Waals surface area contributed by atoms with Crippen molar-refractivity contribution < 1.29 is 34.2 Å². The summed E-state index contributed by atoms with van der Waals surface area (Å²) in [5.74, 6) is -3.93. The topological polar surface area (TPSA) is 112 Å². The molecule has 0 fully saturated rings. The predicted molar refractivity (Wildman–Crippen MR) is 154 cm³/mol. The van der Waals surface area contributed by atoms with Crippen LogP contribution >= 0.6 is 0 Å². The number of carboxylic acid groups (broad SMARTS) is 3. The number of hydrogen-bond donors (Lipinski definition) is 3. The Morgan fingerprint density at radius 3 is 1.26 bits per heavy atom. The van der Waals surface area contributed by atoms with Crippen molar-refractivity contribution >= 4 is 17.9 Å². The molecule has 0 aromatic heterocycles. The van der Waals surface area contributed by atoms with Crippen LogP contribution < -0.4 is 0 Å².